The Labute approximate surface area is 195 Å². The van der Waals surface area contributed by atoms with Crippen LogP contribution < -0.4 is 9.64 Å². The molecule has 162 valence electrons. The summed E-state index contributed by atoms with van der Waals surface area (Å²) in [6.07, 6.45) is 2.18. The van der Waals surface area contributed by atoms with E-state index in [0.29, 0.717) is 0 Å². The Morgan fingerprint density at radius 3 is 2.30 bits per heavy atom. The zero-order chi connectivity index (χ0) is 22.2. The lowest BCUT2D eigenvalue weighted by Gasteiger charge is -2.42. The van der Waals surface area contributed by atoms with Crippen molar-refractivity contribution >= 4 is 11.4 Å². The highest BCUT2D eigenvalue weighted by Gasteiger charge is 2.36. The number of anilines is 1. The molecular formula is C31H27NO. The van der Waals surface area contributed by atoms with Crippen LogP contribution in [0.5, 0.6) is 5.75 Å². The third kappa shape index (κ3) is 3.43. The summed E-state index contributed by atoms with van der Waals surface area (Å²) in [7, 11) is 1.72. The maximum absolute atomic E-state index is 5.39. The average molecular weight is 430 g/mol. The Kier molecular flexibility index (Phi) is 4.99. The van der Waals surface area contributed by atoms with Crippen molar-refractivity contribution in [3.05, 3.63) is 137 Å². The fourth-order valence-corrected chi connectivity index (χ4v) is 5.52. The van der Waals surface area contributed by atoms with Gasteiger partial charge in [-0.2, -0.15) is 0 Å². The van der Waals surface area contributed by atoms with Crippen molar-refractivity contribution < 1.29 is 4.74 Å². The number of fused-ring (bicyclic) bond motifs is 3. The average Bonchev–Trinajstić information content (AvgIpc) is 2.89. The minimum atomic E-state index is 0.290. The lowest BCUT2D eigenvalue weighted by Crippen LogP contribution is -2.32. The first-order valence-corrected chi connectivity index (χ1v) is 11.7. The Bertz CT molecular complexity index is 1320. The van der Waals surface area contributed by atoms with Crippen LogP contribution in [0, 0.1) is 0 Å². The topological polar surface area (TPSA) is 12.5 Å². The van der Waals surface area contributed by atoms with Crippen molar-refractivity contribution in [2.75, 3.05) is 12.0 Å². The number of hydrogen-bond acceptors (Lipinski definition) is 2. The van der Waals surface area contributed by atoms with Gasteiger partial charge >= 0.3 is 0 Å². The van der Waals surface area contributed by atoms with Gasteiger partial charge in [-0.15, -0.1) is 0 Å². The van der Waals surface area contributed by atoms with Crippen molar-refractivity contribution in [3.8, 4) is 5.75 Å². The number of benzene rings is 4. The van der Waals surface area contributed by atoms with Gasteiger partial charge in [-0.25, -0.2) is 0 Å². The first-order valence-electron chi connectivity index (χ1n) is 11.7. The summed E-state index contributed by atoms with van der Waals surface area (Å²) >= 11 is 0. The Hall–Kier alpha value is -3.78. The summed E-state index contributed by atoms with van der Waals surface area (Å²) in [5.74, 6) is 1.18. The minimum Gasteiger partial charge on any atom is -0.497 e. The summed E-state index contributed by atoms with van der Waals surface area (Å²) in [6.45, 7) is 0.829. The largest absolute Gasteiger partial charge is 0.497 e. The van der Waals surface area contributed by atoms with Gasteiger partial charge in [0.25, 0.3) is 0 Å². The van der Waals surface area contributed by atoms with Crippen LogP contribution in [0.1, 0.15) is 40.2 Å². The molecule has 1 aliphatic carbocycles. The van der Waals surface area contributed by atoms with Crippen molar-refractivity contribution in [2.24, 2.45) is 0 Å². The molecule has 0 saturated carbocycles. The van der Waals surface area contributed by atoms with Crippen molar-refractivity contribution in [3.63, 3.8) is 0 Å². The van der Waals surface area contributed by atoms with Crippen LogP contribution in [0.25, 0.3) is 5.70 Å². The van der Waals surface area contributed by atoms with E-state index in [2.05, 4.69) is 108 Å². The monoisotopic (exact) mass is 429 g/mol. The Morgan fingerprint density at radius 1 is 0.758 bits per heavy atom. The summed E-state index contributed by atoms with van der Waals surface area (Å²) in [5.41, 5.74) is 11.1. The van der Waals surface area contributed by atoms with Gasteiger partial charge in [-0.3, -0.25) is 0 Å². The number of methoxy groups -OCH3 is 1. The first-order chi connectivity index (χ1) is 16.3. The van der Waals surface area contributed by atoms with Crippen LogP contribution in [0.15, 0.2) is 109 Å². The summed E-state index contributed by atoms with van der Waals surface area (Å²) in [5, 5.41) is 0. The van der Waals surface area contributed by atoms with Crippen LogP contribution in [0.3, 0.4) is 0 Å². The zero-order valence-corrected chi connectivity index (χ0v) is 18.9. The van der Waals surface area contributed by atoms with Gasteiger partial charge in [0.2, 0.25) is 0 Å². The molecule has 2 nitrogen and oxygen atoms in total. The Balaban J connectivity index is 1.56. The van der Waals surface area contributed by atoms with Gasteiger partial charge in [-0.05, 0) is 58.9 Å². The molecule has 33 heavy (non-hydrogen) atoms. The van der Waals surface area contributed by atoms with E-state index >= 15 is 0 Å². The molecule has 1 atom stereocenters. The standard InChI is InChI=1S/C31H27NO/c1-33-25-18-15-22(16-19-25)21-32-29-14-8-7-13-27(29)30(24-10-3-2-4-11-24)28-20-17-23-9-5-6-12-26(23)31(28)32/h2-16,18-19,30H,17,20-21H2,1H3/t30-/m1/s1. The molecule has 2 heteroatoms. The number of hydrogen-bond donors (Lipinski definition) is 0. The molecule has 0 saturated heterocycles. The normalized spacial score (nSPS) is 16.6. The molecule has 0 radical (unpaired) electrons. The maximum Gasteiger partial charge on any atom is 0.118 e. The molecule has 0 aromatic heterocycles. The summed E-state index contributed by atoms with van der Waals surface area (Å²) < 4.78 is 5.39. The van der Waals surface area contributed by atoms with Gasteiger partial charge in [0.1, 0.15) is 5.75 Å². The fourth-order valence-electron chi connectivity index (χ4n) is 5.52. The molecular weight excluding hydrogens is 402 g/mol. The third-order valence-corrected chi connectivity index (χ3v) is 7.03. The minimum absolute atomic E-state index is 0.290. The van der Waals surface area contributed by atoms with Gasteiger partial charge < -0.3 is 9.64 Å². The molecule has 1 heterocycles. The zero-order valence-electron chi connectivity index (χ0n) is 18.9. The van der Waals surface area contributed by atoms with Gasteiger partial charge in [0.05, 0.1) is 7.11 Å². The highest BCUT2D eigenvalue weighted by molar-refractivity contribution is 5.90. The molecule has 0 fully saturated rings. The molecule has 0 spiro atoms. The third-order valence-electron chi connectivity index (χ3n) is 7.03. The molecule has 0 amide bonds. The predicted octanol–water partition coefficient (Wildman–Crippen LogP) is 7.20. The molecule has 0 bridgehead atoms. The highest BCUT2D eigenvalue weighted by atomic mass is 16.5. The molecule has 0 unspecified atom stereocenters. The lowest BCUT2D eigenvalue weighted by molar-refractivity contribution is 0.414. The van der Waals surface area contributed by atoms with Crippen LogP contribution in [0.4, 0.5) is 5.69 Å². The first kappa shape index (κ1) is 19.9. The van der Waals surface area contributed by atoms with E-state index in [1.165, 1.54) is 44.8 Å². The highest BCUT2D eigenvalue weighted by Crippen LogP contribution is 2.51. The van der Waals surface area contributed by atoms with E-state index < -0.39 is 0 Å². The quantitative estimate of drug-likeness (QED) is 0.340. The predicted molar refractivity (Wildman–Crippen MR) is 136 cm³/mol. The number of ether oxygens (including phenoxy) is 1. The maximum atomic E-state index is 5.39. The van der Waals surface area contributed by atoms with E-state index in [-0.39, 0.29) is 5.92 Å². The smallest absolute Gasteiger partial charge is 0.118 e. The number of rotatable bonds is 4. The number of aryl methyl sites for hydroxylation is 1. The van der Waals surface area contributed by atoms with Crippen LogP contribution in [0.2, 0.25) is 0 Å². The summed E-state index contributed by atoms with van der Waals surface area (Å²) in [6, 6.07) is 37.4. The van der Waals surface area contributed by atoms with Gasteiger partial charge in [0.15, 0.2) is 0 Å². The molecule has 6 rings (SSSR count). The SMILES string of the molecule is COc1ccc(CN2C3=C(CCc4ccccc43)[C@H](c3ccccc3)c3ccccc32)cc1. The van der Waals surface area contributed by atoms with Crippen molar-refractivity contribution in [2.45, 2.75) is 25.3 Å². The van der Waals surface area contributed by atoms with Gasteiger partial charge in [0, 0.05) is 29.4 Å². The molecule has 4 aromatic rings. The second-order valence-electron chi connectivity index (χ2n) is 8.87. The second-order valence-corrected chi connectivity index (χ2v) is 8.87. The molecule has 4 aromatic carbocycles. The lowest BCUT2D eigenvalue weighted by atomic mass is 9.73. The van der Waals surface area contributed by atoms with E-state index in [4.69, 9.17) is 4.74 Å². The molecule has 2 aliphatic rings. The van der Waals surface area contributed by atoms with Crippen LogP contribution >= 0.6 is 0 Å². The van der Waals surface area contributed by atoms with E-state index in [1.807, 2.05) is 0 Å². The molecule has 1 aliphatic heterocycles. The van der Waals surface area contributed by atoms with E-state index in [0.717, 1.165) is 25.1 Å². The number of allylic oxidation sites excluding steroid dienone is 1. The van der Waals surface area contributed by atoms with Gasteiger partial charge in [-0.1, -0.05) is 84.9 Å². The Morgan fingerprint density at radius 2 is 1.48 bits per heavy atom. The van der Waals surface area contributed by atoms with Crippen LogP contribution in [-0.2, 0) is 13.0 Å². The summed E-state index contributed by atoms with van der Waals surface area (Å²) in [4.78, 5) is 2.55. The number of nitrogens with zero attached hydrogens (tertiary/aromatic N) is 1. The van der Waals surface area contributed by atoms with Crippen molar-refractivity contribution in [1.29, 1.82) is 0 Å². The van der Waals surface area contributed by atoms with Crippen LogP contribution in [-0.4, -0.2) is 7.11 Å². The van der Waals surface area contributed by atoms with E-state index in [1.54, 1.807) is 7.11 Å². The fraction of sp³-hybridized carbons (Fsp3) is 0.161. The van der Waals surface area contributed by atoms with E-state index in [9.17, 15) is 0 Å². The number of para-hydroxylation sites is 1. The second kappa shape index (κ2) is 8.29. The van der Waals surface area contributed by atoms with Crippen molar-refractivity contribution in [1.82, 2.24) is 0 Å². The molecule has 0 N–H and O–H groups in total.